The van der Waals surface area contributed by atoms with Gasteiger partial charge in [-0.05, 0) is 30.7 Å². The summed E-state index contributed by atoms with van der Waals surface area (Å²) in [6.07, 6.45) is 7.98. The normalized spacial score (nSPS) is 10.5. The number of phenolic OH excluding ortho intramolecular Hbond substituents is 1. The standard InChI is InChI=1S/C17H17N3O2/c21-15-5-1-4-14(12-15)17-19-8-10-20(17)9-3-11-22-16-6-2-7-18-13-16/h1-2,4-8,10,12-13,21H,3,9,11H2. The summed E-state index contributed by atoms with van der Waals surface area (Å²) in [7, 11) is 0. The lowest BCUT2D eigenvalue weighted by Crippen LogP contribution is -2.05. The van der Waals surface area contributed by atoms with Crippen LogP contribution in [0.4, 0.5) is 0 Å². The first-order valence-corrected chi connectivity index (χ1v) is 7.16. The van der Waals surface area contributed by atoms with E-state index in [4.69, 9.17) is 4.74 Å². The Morgan fingerprint density at radius 1 is 1.14 bits per heavy atom. The number of pyridine rings is 1. The minimum absolute atomic E-state index is 0.243. The van der Waals surface area contributed by atoms with Crippen LogP contribution in [-0.4, -0.2) is 26.2 Å². The second-order valence-corrected chi connectivity index (χ2v) is 4.89. The van der Waals surface area contributed by atoms with Gasteiger partial charge in [0.1, 0.15) is 17.3 Å². The van der Waals surface area contributed by atoms with Gasteiger partial charge < -0.3 is 14.4 Å². The second-order valence-electron chi connectivity index (χ2n) is 4.89. The number of hydrogen-bond acceptors (Lipinski definition) is 4. The van der Waals surface area contributed by atoms with Gasteiger partial charge in [0.05, 0.1) is 12.8 Å². The summed E-state index contributed by atoms with van der Waals surface area (Å²) >= 11 is 0. The zero-order valence-electron chi connectivity index (χ0n) is 12.1. The van der Waals surface area contributed by atoms with Crippen LogP contribution in [-0.2, 0) is 6.54 Å². The summed E-state index contributed by atoms with van der Waals surface area (Å²) in [5.41, 5.74) is 0.901. The lowest BCUT2D eigenvalue weighted by atomic mass is 10.2. The average Bonchev–Trinajstić information content (AvgIpc) is 3.01. The SMILES string of the molecule is Oc1cccc(-c2nccn2CCCOc2cccnc2)c1. The largest absolute Gasteiger partial charge is 0.508 e. The molecule has 0 unspecified atom stereocenters. The lowest BCUT2D eigenvalue weighted by molar-refractivity contribution is 0.301. The van der Waals surface area contributed by atoms with Crippen molar-refractivity contribution in [2.45, 2.75) is 13.0 Å². The van der Waals surface area contributed by atoms with Crippen molar-refractivity contribution in [3.05, 3.63) is 61.2 Å². The smallest absolute Gasteiger partial charge is 0.140 e. The highest BCUT2D eigenvalue weighted by Gasteiger charge is 2.06. The maximum atomic E-state index is 9.58. The number of ether oxygens (including phenoxy) is 1. The first-order chi connectivity index (χ1) is 10.8. The molecule has 5 nitrogen and oxygen atoms in total. The predicted molar refractivity (Wildman–Crippen MR) is 83.7 cm³/mol. The van der Waals surface area contributed by atoms with E-state index in [-0.39, 0.29) is 5.75 Å². The first kappa shape index (κ1) is 14.1. The van der Waals surface area contributed by atoms with Gasteiger partial charge in [0.15, 0.2) is 0 Å². The second kappa shape index (κ2) is 6.76. The molecule has 0 spiro atoms. The quantitative estimate of drug-likeness (QED) is 0.710. The molecule has 0 atom stereocenters. The molecule has 3 aromatic rings. The van der Waals surface area contributed by atoms with Crippen molar-refractivity contribution < 1.29 is 9.84 Å². The van der Waals surface area contributed by atoms with Crippen LogP contribution in [0.3, 0.4) is 0 Å². The molecule has 1 N–H and O–H groups in total. The molecule has 0 aliphatic carbocycles. The third-order valence-corrected chi connectivity index (χ3v) is 3.27. The number of aromatic hydroxyl groups is 1. The van der Waals surface area contributed by atoms with Crippen LogP contribution in [0.15, 0.2) is 61.2 Å². The minimum Gasteiger partial charge on any atom is -0.508 e. The molecule has 2 heterocycles. The maximum absolute atomic E-state index is 9.58. The van der Waals surface area contributed by atoms with Gasteiger partial charge in [0.2, 0.25) is 0 Å². The summed E-state index contributed by atoms with van der Waals surface area (Å²) < 4.78 is 7.69. The molecule has 0 aliphatic heterocycles. The van der Waals surface area contributed by atoms with E-state index in [1.54, 1.807) is 30.7 Å². The van der Waals surface area contributed by atoms with Gasteiger partial charge in [0.25, 0.3) is 0 Å². The van der Waals surface area contributed by atoms with Crippen LogP contribution in [0.25, 0.3) is 11.4 Å². The zero-order valence-corrected chi connectivity index (χ0v) is 12.1. The van der Waals surface area contributed by atoms with E-state index in [1.807, 2.05) is 30.5 Å². The van der Waals surface area contributed by atoms with Crippen molar-refractivity contribution in [2.75, 3.05) is 6.61 Å². The molecule has 1 aromatic carbocycles. The Morgan fingerprint density at radius 2 is 2.09 bits per heavy atom. The number of imidazole rings is 1. The summed E-state index contributed by atoms with van der Waals surface area (Å²) in [6.45, 7) is 1.41. The van der Waals surface area contributed by atoms with Gasteiger partial charge in [-0.2, -0.15) is 0 Å². The van der Waals surface area contributed by atoms with Gasteiger partial charge in [-0.3, -0.25) is 4.98 Å². The van der Waals surface area contributed by atoms with E-state index < -0.39 is 0 Å². The molecule has 0 aliphatic rings. The molecule has 2 aromatic heterocycles. The summed E-state index contributed by atoms with van der Waals surface area (Å²) in [4.78, 5) is 8.38. The van der Waals surface area contributed by atoms with Crippen LogP contribution in [0.1, 0.15) is 6.42 Å². The highest BCUT2D eigenvalue weighted by Crippen LogP contribution is 2.21. The fourth-order valence-corrected chi connectivity index (χ4v) is 2.25. The van der Waals surface area contributed by atoms with Crippen molar-refractivity contribution in [1.82, 2.24) is 14.5 Å². The van der Waals surface area contributed by atoms with Gasteiger partial charge in [-0.25, -0.2) is 4.98 Å². The highest BCUT2D eigenvalue weighted by atomic mass is 16.5. The Bertz CT molecular complexity index is 726. The molecule has 0 saturated carbocycles. The van der Waals surface area contributed by atoms with Crippen molar-refractivity contribution in [3.8, 4) is 22.9 Å². The summed E-state index contributed by atoms with van der Waals surface area (Å²) in [5, 5.41) is 9.58. The Kier molecular flexibility index (Phi) is 4.34. The minimum atomic E-state index is 0.243. The number of aryl methyl sites for hydroxylation is 1. The van der Waals surface area contributed by atoms with E-state index in [1.165, 1.54) is 0 Å². The first-order valence-electron chi connectivity index (χ1n) is 7.16. The Balaban J connectivity index is 1.59. The molecule has 112 valence electrons. The molecule has 5 heteroatoms. The topological polar surface area (TPSA) is 60.2 Å². The molecular weight excluding hydrogens is 278 g/mol. The molecule has 0 fully saturated rings. The Morgan fingerprint density at radius 3 is 2.91 bits per heavy atom. The number of aromatic nitrogens is 3. The van der Waals surface area contributed by atoms with Crippen LogP contribution in [0, 0.1) is 0 Å². The third kappa shape index (κ3) is 3.44. The van der Waals surface area contributed by atoms with Gasteiger partial charge >= 0.3 is 0 Å². The monoisotopic (exact) mass is 295 g/mol. The van der Waals surface area contributed by atoms with E-state index in [9.17, 15) is 5.11 Å². The highest BCUT2D eigenvalue weighted by molar-refractivity contribution is 5.57. The van der Waals surface area contributed by atoms with Crippen LogP contribution in [0.5, 0.6) is 11.5 Å². The molecule has 0 radical (unpaired) electrons. The summed E-state index contributed by atoms with van der Waals surface area (Å²) in [6, 6.07) is 10.9. The van der Waals surface area contributed by atoms with Crippen LogP contribution in [0.2, 0.25) is 0 Å². The molecule has 3 rings (SSSR count). The number of phenols is 1. The van der Waals surface area contributed by atoms with E-state index in [2.05, 4.69) is 14.5 Å². The molecule has 0 amide bonds. The Labute approximate surface area is 128 Å². The van der Waals surface area contributed by atoms with Gasteiger partial charge in [0, 0.05) is 30.7 Å². The van der Waals surface area contributed by atoms with E-state index in [0.717, 1.165) is 30.1 Å². The number of nitrogens with zero attached hydrogens (tertiary/aromatic N) is 3. The molecule has 0 saturated heterocycles. The fraction of sp³-hybridized carbons (Fsp3) is 0.176. The van der Waals surface area contributed by atoms with Gasteiger partial charge in [-0.15, -0.1) is 0 Å². The van der Waals surface area contributed by atoms with Crippen molar-refractivity contribution in [1.29, 1.82) is 0 Å². The number of rotatable bonds is 6. The van der Waals surface area contributed by atoms with Crippen LogP contribution >= 0.6 is 0 Å². The van der Waals surface area contributed by atoms with Crippen molar-refractivity contribution in [3.63, 3.8) is 0 Å². The number of benzene rings is 1. The molecule has 0 bridgehead atoms. The Hall–Kier alpha value is -2.82. The van der Waals surface area contributed by atoms with Crippen molar-refractivity contribution in [2.24, 2.45) is 0 Å². The summed E-state index contributed by atoms with van der Waals surface area (Å²) in [5.74, 6) is 1.87. The van der Waals surface area contributed by atoms with Crippen molar-refractivity contribution >= 4 is 0 Å². The maximum Gasteiger partial charge on any atom is 0.140 e. The molecular formula is C17H17N3O2. The average molecular weight is 295 g/mol. The number of hydrogen-bond donors (Lipinski definition) is 1. The van der Waals surface area contributed by atoms with E-state index in [0.29, 0.717) is 6.61 Å². The van der Waals surface area contributed by atoms with Crippen LogP contribution < -0.4 is 4.74 Å². The lowest BCUT2D eigenvalue weighted by Gasteiger charge is -2.09. The fourth-order valence-electron chi connectivity index (χ4n) is 2.25. The third-order valence-electron chi connectivity index (χ3n) is 3.27. The van der Waals surface area contributed by atoms with Gasteiger partial charge in [-0.1, -0.05) is 12.1 Å². The zero-order chi connectivity index (χ0) is 15.2. The van der Waals surface area contributed by atoms with E-state index >= 15 is 0 Å². The molecule has 22 heavy (non-hydrogen) atoms. The predicted octanol–water partition coefficient (Wildman–Crippen LogP) is 3.12.